The number of carbonyl (C=O) groups is 2. The van der Waals surface area contributed by atoms with E-state index in [9.17, 15) is 24.8 Å². The van der Waals surface area contributed by atoms with Crippen molar-refractivity contribution in [2.75, 3.05) is 0 Å². The van der Waals surface area contributed by atoms with Gasteiger partial charge in [-0.25, -0.2) is 0 Å². The zero-order valence-electron chi connectivity index (χ0n) is 21.8. The summed E-state index contributed by atoms with van der Waals surface area (Å²) in [5.41, 5.74) is 0.594. The van der Waals surface area contributed by atoms with E-state index in [4.69, 9.17) is 0 Å². The summed E-state index contributed by atoms with van der Waals surface area (Å²) in [6.45, 7) is 0. The van der Waals surface area contributed by atoms with E-state index in [0.717, 1.165) is 11.1 Å². The van der Waals surface area contributed by atoms with Crippen LogP contribution in [-0.4, -0.2) is 31.8 Å². The first kappa shape index (κ1) is 26.0. The Morgan fingerprint density at radius 1 is 0.786 bits per heavy atom. The minimum absolute atomic E-state index is 0.0204. The standard InChI is InChI=1S/C32H20N6O4/c33-18-22-25(23-15-7-8-17-34-23)27(30(40)35-29(22)39)37-36-24-16-9-14-21-26(24)32(42)38(31(21)41)28(19-10-3-1-4-11-19)20-12-5-2-6-13-20/h1-17,28H,(H2,35,39,40). The maximum atomic E-state index is 14.0. The number of carbonyl (C=O) groups excluding carboxylic acids is 2. The Morgan fingerprint density at radius 3 is 2.07 bits per heavy atom. The predicted octanol–water partition coefficient (Wildman–Crippen LogP) is 5.82. The molecule has 202 valence electrons. The molecule has 1 aliphatic rings. The van der Waals surface area contributed by atoms with Gasteiger partial charge in [-0.05, 0) is 35.4 Å². The molecular weight excluding hydrogens is 532 g/mol. The fourth-order valence-electron chi connectivity index (χ4n) is 5.01. The lowest BCUT2D eigenvalue weighted by Crippen LogP contribution is -2.34. The van der Waals surface area contributed by atoms with Crippen molar-refractivity contribution in [2.45, 2.75) is 6.04 Å². The normalized spacial score (nSPS) is 12.6. The molecule has 0 saturated heterocycles. The van der Waals surface area contributed by atoms with Gasteiger partial charge in [0.1, 0.15) is 11.6 Å². The highest BCUT2D eigenvalue weighted by Gasteiger charge is 2.42. The Balaban J connectivity index is 1.47. The Morgan fingerprint density at radius 2 is 1.45 bits per heavy atom. The lowest BCUT2D eigenvalue weighted by molar-refractivity contribution is 0.0609. The lowest BCUT2D eigenvalue weighted by Gasteiger charge is -2.27. The van der Waals surface area contributed by atoms with E-state index in [2.05, 4.69) is 20.2 Å². The number of hydrogen-bond acceptors (Lipinski definition) is 8. The van der Waals surface area contributed by atoms with Crippen LogP contribution in [0.15, 0.2) is 118 Å². The predicted molar refractivity (Wildman–Crippen MR) is 153 cm³/mol. The highest BCUT2D eigenvalue weighted by atomic mass is 16.3. The maximum Gasteiger partial charge on any atom is 0.279 e. The second kappa shape index (κ2) is 10.7. The van der Waals surface area contributed by atoms with Gasteiger partial charge in [-0.3, -0.25) is 29.3 Å². The average molecular weight is 553 g/mol. The van der Waals surface area contributed by atoms with E-state index in [1.807, 2.05) is 66.7 Å². The van der Waals surface area contributed by atoms with Crippen LogP contribution in [0.3, 0.4) is 0 Å². The van der Waals surface area contributed by atoms with Crippen molar-refractivity contribution in [1.82, 2.24) is 14.9 Å². The minimum atomic E-state index is -0.819. The Labute approximate surface area is 238 Å². The van der Waals surface area contributed by atoms with Gasteiger partial charge in [0.2, 0.25) is 5.88 Å². The largest absolute Gasteiger partial charge is 0.494 e. The fourth-order valence-corrected chi connectivity index (χ4v) is 5.01. The maximum absolute atomic E-state index is 14.0. The first-order valence-corrected chi connectivity index (χ1v) is 12.8. The Hall–Kier alpha value is -6.21. The second-order valence-electron chi connectivity index (χ2n) is 9.33. The van der Waals surface area contributed by atoms with Gasteiger partial charge in [0.15, 0.2) is 5.69 Å². The third-order valence-electron chi connectivity index (χ3n) is 6.87. The molecule has 6 rings (SSSR count). The molecular formula is C32H20N6O4. The number of amides is 2. The van der Waals surface area contributed by atoms with E-state index in [1.165, 1.54) is 17.2 Å². The highest BCUT2D eigenvalue weighted by Crippen LogP contribution is 2.40. The molecule has 0 spiro atoms. The number of H-pyrrole nitrogens is 1. The van der Waals surface area contributed by atoms with Crippen LogP contribution in [0, 0.1) is 11.3 Å². The SMILES string of the molecule is N#Cc1c(O)[nH]c(=O)c(N=Nc2cccc3c2C(=O)N(C(c2ccccc2)c2ccccc2)C3=O)c1-c1ccccn1. The summed E-state index contributed by atoms with van der Waals surface area (Å²) >= 11 is 0. The number of pyridine rings is 2. The summed E-state index contributed by atoms with van der Waals surface area (Å²) in [7, 11) is 0. The topological polar surface area (TPSA) is 152 Å². The van der Waals surface area contributed by atoms with E-state index in [0.29, 0.717) is 0 Å². The molecule has 0 fully saturated rings. The number of rotatable bonds is 6. The second-order valence-corrected chi connectivity index (χ2v) is 9.33. The molecule has 2 N–H and O–H groups in total. The quantitative estimate of drug-likeness (QED) is 0.200. The minimum Gasteiger partial charge on any atom is -0.494 e. The molecule has 2 aromatic heterocycles. The van der Waals surface area contributed by atoms with Crippen molar-refractivity contribution in [3.05, 3.63) is 141 Å². The van der Waals surface area contributed by atoms with Crippen LogP contribution < -0.4 is 5.56 Å². The van der Waals surface area contributed by atoms with Gasteiger partial charge in [0, 0.05) is 6.20 Å². The van der Waals surface area contributed by atoms with E-state index in [1.54, 1.807) is 30.3 Å². The van der Waals surface area contributed by atoms with Crippen molar-refractivity contribution in [1.29, 1.82) is 5.26 Å². The van der Waals surface area contributed by atoms with E-state index >= 15 is 0 Å². The van der Waals surface area contributed by atoms with Gasteiger partial charge >= 0.3 is 0 Å². The molecule has 0 radical (unpaired) electrons. The van der Waals surface area contributed by atoms with Crippen LogP contribution in [0.25, 0.3) is 11.3 Å². The smallest absolute Gasteiger partial charge is 0.279 e. The monoisotopic (exact) mass is 552 g/mol. The number of aromatic hydroxyl groups is 1. The molecule has 0 saturated carbocycles. The average Bonchev–Trinajstić information content (AvgIpc) is 3.28. The first-order chi connectivity index (χ1) is 20.5. The Bertz CT molecular complexity index is 1930. The molecule has 0 aliphatic carbocycles. The van der Waals surface area contributed by atoms with Crippen LogP contribution in [0.1, 0.15) is 43.4 Å². The number of benzene rings is 3. The van der Waals surface area contributed by atoms with Crippen LogP contribution in [0.2, 0.25) is 0 Å². The molecule has 3 heterocycles. The zero-order valence-corrected chi connectivity index (χ0v) is 21.8. The zero-order chi connectivity index (χ0) is 29.2. The summed E-state index contributed by atoms with van der Waals surface area (Å²) in [6.07, 6.45) is 1.47. The number of aromatic nitrogens is 2. The summed E-state index contributed by atoms with van der Waals surface area (Å²) in [6, 6.07) is 29.1. The fraction of sp³-hybridized carbons (Fsp3) is 0.0312. The van der Waals surface area contributed by atoms with Gasteiger partial charge in [0.25, 0.3) is 17.4 Å². The van der Waals surface area contributed by atoms with Crippen LogP contribution in [0.4, 0.5) is 11.4 Å². The summed E-state index contributed by atoms with van der Waals surface area (Å²) in [5.74, 6) is -1.69. The number of imide groups is 1. The summed E-state index contributed by atoms with van der Waals surface area (Å²) in [5, 5.41) is 28.3. The van der Waals surface area contributed by atoms with Crippen molar-refractivity contribution >= 4 is 23.2 Å². The molecule has 2 amide bonds. The van der Waals surface area contributed by atoms with Gasteiger partial charge in [0.05, 0.1) is 34.1 Å². The number of fused-ring (bicyclic) bond motifs is 1. The number of nitrogens with zero attached hydrogens (tertiary/aromatic N) is 5. The van der Waals surface area contributed by atoms with Gasteiger partial charge in [-0.15, -0.1) is 10.2 Å². The molecule has 3 aromatic carbocycles. The molecule has 5 aromatic rings. The van der Waals surface area contributed by atoms with Crippen molar-refractivity contribution in [3.63, 3.8) is 0 Å². The van der Waals surface area contributed by atoms with Crippen LogP contribution >= 0.6 is 0 Å². The van der Waals surface area contributed by atoms with Gasteiger partial charge < -0.3 is 5.11 Å². The molecule has 1 aliphatic heterocycles. The van der Waals surface area contributed by atoms with Gasteiger partial charge in [-0.1, -0.05) is 72.8 Å². The van der Waals surface area contributed by atoms with Crippen molar-refractivity contribution in [3.8, 4) is 23.2 Å². The van der Waals surface area contributed by atoms with Crippen LogP contribution in [0.5, 0.6) is 5.88 Å². The number of hydrogen-bond donors (Lipinski definition) is 2. The summed E-state index contributed by atoms with van der Waals surface area (Å²) in [4.78, 5) is 48.2. The van der Waals surface area contributed by atoms with Crippen LogP contribution in [-0.2, 0) is 0 Å². The summed E-state index contributed by atoms with van der Waals surface area (Å²) < 4.78 is 0. The van der Waals surface area contributed by atoms with Crippen molar-refractivity contribution in [2.24, 2.45) is 10.2 Å². The highest BCUT2D eigenvalue weighted by molar-refractivity contribution is 6.23. The third kappa shape index (κ3) is 4.41. The number of azo groups is 1. The molecule has 0 unspecified atom stereocenters. The number of nitrogens with one attached hydrogen (secondary N) is 1. The van der Waals surface area contributed by atoms with E-state index in [-0.39, 0.29) is 39.3 Å². The first-order valence-electron chi connectivity index (χ1n) is 12.8. The van der Waals surface area contributed by atoms with E-state index < -0.39 is 29.3 Å². The Kier molecular flexibility index (Phi) is 6.66. The molecule has 42 heavy (non-hydrogen) atoms. The van der Waals surface area contributed by atoms with Gasteiger partial charge in [-0.2, -0.15) is 5.26 Å². The molecule has 10 nitrogen and oxygen atoms in total. The number of nitriles is 1. The molecule has 10 heteroatoms. The molecule has 0 bridgehead atoms. The number of aromatic amines is 1. The third-order valence-corrected chi connectivity index (χ3v) is 6.87. The lowest BCUT2D eigenvalue weighted by atomic mass is 9.97. The van der Waals surface area contributed by atoms with Crippen molar-refractivity contribution < 1.29 is 14.7 Å². The molecule has 0 atom stereocenters.